The SMILES string of the molecule is CCCC(C)(CNCC)CN1CCC(C)CC1. The molecule has 0 aliphatic carbocycles. The van der Waals surface area contributed by atoms with Gasteiger partial charge in [-0.15, -0.1) is 0 Å². The van der Waals surface area contributed by atoms with Crippen molar-refractivity contribution in [2.24, 2.45) is 11.3 Å². The highest BCUT2D eigenvalue weighted by atomic mass is 15.1. The lowest BCUT2D eigenvalue weighted by atomic mass is 9.84. The van der Waals surface area contributed by atoms with Gasteiger partial charge < -0.3 is 10.2 Å². The van der Waals surface area contributed by atoms with Gasteiger partial charge in [-0.3, -0.25) is 0 Å². The summed E-state index contributed by atoms with van der Waals surface area (Å²) in [6.07, 6.45) is 5.42. The fraction of sp³-hybridized carbons (Fsp3) is 1.00. The monoisotopic (exact) mass is 240 g/mol. The van der Waals surface area contributed by atoms with Crippen molar-refractivity contribution >= 4 is 0 Å². The van der Waals surface area contributed by atoms with Gasteiger partial charge in [0.05, 0.1) is 0 Å². The highest BCUT2D eigenvalue weighted by Crippen LogP contribution is 2.26. The Morgan fingerprint density at radius 1 is 1.24 bits per heavy atom. The Hall–Kier alpha value is -0.0800. The van der Waals surface area contributed by atoms with Crippen molar-refractivity contribution < 1.29 is 0 Å². The molecule has 1 saturated heterocycles. The van der Waals surface area contributed by atoms with Gasteiger partial charge in [-0.25, -0.2) is 0 Å². The Bertz CT molecular complexity index is 197. The maximum atomic E-state index is 3.55. The molecule has 0 saturated carbocycles. The first-order valence-electron chi connectivity index (χ1n) is 7.52. The van der Waals surface area contributed by atoms with Crippen molar-refractivity contribution in [2.45, 2.75) is 53.4 Å². The Labute approximate surface area is 108 Å². The maximum absolute atomic E-state index is 3.55. The second kappa shape index (κ2) is 7.38. The summed E-state index contributed by atoms with van der Waals surface area (Å²) in [5, 5.41) is 3.55. The zero-order valence-corrected chi connectivity index (χ0v) is 12.4. The molecular formula is C15H32N2. The number of rotatable bonds is 7. The van der Waals surface area contributed by atoms with Crippen LogP contribution in [-0.2, 0) is 0 Å². The van der Waals surface area contributed by atoms with Crippen molar-refractivity contribution in [3.63, 3.8) is 0 Å². The normalized spacial score (nSPS) is 22.6. The fourth-order valence-electron chi connectivity index (χ4n) is 3.01. The summed E-state index contributed by atoms with van der Waals surface area (Å²) in [5.41, 5.74) is 0.464. The summed E-state index contributed by atoms with van der Waals surface area (Å²) in [6, 6.07) is 0. The highest BCUT2D eigenvalue weighted by Gasteiger charge is 2.27. The molecule has 0 radical (unpaired) electrons. The summed E-state index contributed by atoms with van der Waals surface area (Å²) in [7, 11) is 0. The minimum atomic E-state index is 0.464. The van der Waals surface area contributed by atoms with Gasteiger partial charge in [-0.1, -0.05) is 34.1 Å². The first-order chi connectivity index (χ1) is 8.09. The van der Waals surface area contributed by atoms with Crippen molar-refractivity contribution in [3.05, 3.63) is 0 Å². The largest absolute Gasteiger partial charge is 0.316 e. The molecule has 1 aliphatic rings. The van der Waals surface area contributed by atoms with E-state index in [1.165, 1.54) is 51.9 Å². The molecular weight excluding hydrogens is 208 g/mol. The molecule has 1 atom stereocenters. The van der Waals surface area contributed by atoms with Crippen molar-refractivity contribution in [1.82, 2.24) is 10.2 Å². The number of hydrogen-bond acceptors (Lipinski definition) is 2. The van der Waals surface area contributed by atoms with Crippen LogP contribution in [0.25, 0.3) is 0 Å². The zero-order chi connectivity index (χ0) is 12.7. The predicted molar refractivity (Wildman–Crippen MR) is 76.4 cm³/mol. The molecule has 1 unspecified atom stereocenters. The van der Waals surface area contributed by atoms with Gasteiger partial charge in [0.2, 0.25) is 0 Å². The summed E-state index contributed by atoms with van der Waals surface area (Å²) >= 11 is 0. The van der Waals surface area contributed by atoms with Crippen LogP contribution in [0, 0.1) is 11.3 Å². The Morgan fingerprint density at radius 2 is 1.88 bits per heavy atom. The molecule has 0 aromatic heterocycles. The van der Waals surface area contributed by atoms with E-state index in [-0.39, 0.29) is 0 Å². The summed E-state index contributed by atoms with van der Waals surface area (Å²) in [6.45, 7) is 15.5. The maximum Gasteiger partial charge on any atom is 0.00475 e. The number of hydrogen-bond donors (Lipinski definition) is 1. The van der Waals surface area contributed by atoms with Gasteiger partial charge in [0.15, 0.2) is 0 Å². The Balaban J connectivity index is 2.41. The van der Waals surface area contributed by atoms with Gasteiger partial charge in [-0.2, -0.15) is 0 Å². The second-order valence-corrected chi connectivity index (χ2v) is 6.30. The minimum Gasteiger partial charge on any atom is -0.316 e. The van der Waals surface area contributed by atoms with Crippen LogP contribution in [0.5, 0.6) is 0 Å². The molecule has 102 valence electrons. The summed E-state index contributed by atoms with van der Waals surface area (Å²) in [5.74, 6) is 0.942. The van der Waals surface area contributed by atoms with Crippen molar-refractivity contribution in [1.29, 1.82) is 0 Å². The standard InChI is InChI=1S/C15H32N2/c1-5-9-15(4,12-16-6-2)13-17-10-7-14(3)8-11-17/h14,16H,5-13H2,1-4H3. The minimum absolute atomic E-state index is 0.464. The average Bonchev–Trinajstić information content (AvgIpc) is 2.30. The van der Waals surface area contributed by atoms with E-state index in [1.54, 1.807) is 0 Å². The lowest BCUT2D eigenvalue weighted by Gasteiger charge is -2.39. The predicted octanol–water partition coefficient (Wildman–Crippen LogP) is 3.13. The molecule has 0 bridgehead atoms. The lowest BCUT2D eigenvalue weighted by Crippen LogP contribution is -2.45. The third kappa shape index (κ3) is 5.39. The molecule has 1 rings (SSSR count). The molecule has 0 aromatic rings. The van der Waals surface area contributed by atoms with Gasteiger partial charge in [-0.05, 0) is 50.2 Å². The molecule has 1 N–H and O–H groups in total. The van der Waals surface area contributed by atoms with E-state index in [1.807, 2.05) is 0 Å². The highest BCUT2D eigenvalue weighted by molar-refractivity contribution is 4.82. The molecule has 1 fully saturated rings. The molecule has 0 spiro atoms. The molecule has 17 heavy (non-hydrogen) atoms. The first-order valence-corrected chi connectivity index (χ1v) is 7.52. The van der Waals surface area contributed by atoms with E-state index in [0.717, 1.165) is 12.5 Å². The Morgan fingerprint density at radius 3 is 2.41 bits per heavy atom. The van der Waals surface area contributed by atoms with Gasteiger partial charge >= 0.3 is 0 Å². The molecule has 2 nitrogen and oxygen atoms in total. The molecule has 2 heteroatoms. The van der Waals surface area contributed by atoms with Crippen LogP contribution in [0.2, 0.25) is 0 Å². The molecule has 0 amide bonds. The van der Waals surface area contributed by atoms with Crippen LogP contribution in [0.1, 0.15) is 53.4 Å². The quantitative estimate of drug-likeness (QED) is 0.735. The van der Waals surface area contributed by atoms with E-state index < -0.39 is 0 Å². The van der Waals surface area contributed by atoms with Gasteiger partial charge in [0, 0.05) is 13.1 Å². The van der Waals surface area contributed by atoms with E-state index in [0.29, 0.717) is 5.41 Å². The number of nitrogens with one attached hydrogen (secondary N) is 1. The fourth-order valence-corrected chi connectivity index (χ4v) is 3.01. The van der Waals surface area contributed by atoms with Crippen LogP contribution in [0.3, 0.4) is 0 Å². The number of likely N-dealkylation sites (tertiary alicyclic amines) is 1. The third-order valence-corrected chi connectivity index (χ3v) is 4.14. The van der Waals surface area contributed by atoms with Crippen LogP contribution in [0.15, 0.2) is 0 Å². The van der Waals surface area contributed by atoms with E-state index in [4.69, 9.17) is 0 Å². The average molecular weight is 240 g/mol. The van der Waals surface area contributed by atoms with Crippen LogP contribution in [-0.4, -0.2) is 37.6 Å². The first kappa shape index (κ1) is 15.0. The molecule has 1 heterocycles. The van der Waals surface area contributed by atoms with Crippen LogP contribution < -0.4 is 5.32 Å². The topological polar surface area (TPSA) is 15.3 Å². The van der Waals surface area contributed by atoms with Crippen molar-refractivity contribution in [2.75, 3.05) is 32.7 Å². The van der Waals surface area contributed by atoms with Crippen LogP contribution in [0.4, 0.5) is 0 Å². The summed E-state index contributed by atoms with van der Waals surface area (Å²) < 4.78 is 0. The number of nitrogens with zero attached hydrogens (tertiary/aromatic N) is 1. The van der Waals surface area contributed by atoms with Crippen molar-refractivity contribution in [3.8, 4) is 0 Å². The van der Waals surface area contributed by atoms with Gasteiger partial charge in [0.25, 0.3) is 0 Å². The summed E-state index contributed by atoms with van der Waals surface area (Å²) in [4.78, 5) is 2.69. The zero-order valence-electron chi connectivity index (χ0n) is 12.4. The smallest absolute Gasteiger partial charge is 0.00475 e. The third-order valence-electron chi connectivity index (χ3n) is 4.14. The van der Waals surface area contributed by atoms with Crippen LogP contribution >= 0.6 is 0 Å². The van der Waals surface area contributed by atoms with E-state index in [9.17, 15) is 0 Å². The van der Waals surface area contributed by atoms with E-state index >= 15 is 0 Å². The lowest BCUT2D eigenvalue weighted by molar-refractivity contribution is 0.115. The molecule has 0 aromatic carbocycles. The second-order valence-electron chi connectivity index (χ2n) is 6.30. The van der Waals surface area contributed by atoms with E-state index in [2.05, 4.69) is 37.9 Å². The molecule has 1 aliphatic heterocycles. The number of piperidine rings is 1. The Kier molecular flexibility index (Phi) is 6.50. The van der Waals surface area contributed by atoms with Gasteiger partial charge in [0.1, 0.15) is 0 Å².